The second-order valence-corrected chi connectivity index (χ2v) is 8.05. The Morgan fingerprint density at radius 2 is 2.07 bits per heavy atom. The Hall–Kier alpha value is -0.220. The van der Waals surface area contributed by atoms with Gasteiger partial charge in [-0.1, -0.05) is 22.6 Å². The van der Waals surface area contributed by atoms with Crippen LogP contribution in [-0.4, -0.2) is 14.4 Å². The molecule has 2 unspecified atom stereocenters. The average molecular weight is 319 g/mol. The molecule has 0 saturated carbocycles. The monoisotopic (exact) mass is 319 g/mol. The molecule has 0 aliphatic carbocycles. The van der Waals surface area contributed by atoms with Crippen LogP contribution in [0, 0.1) is 6.92 Å². The first kappa shape index (κ1) is 10.3. The number of halogens is 1. The van der Waals surface area contributed by atoms with Gasteiger partial charge >= 0.3 is 0 Å². The van der Waals surface area contributed by atoms with Crippen LogP contribution < -0.4 is 0 Å². The second kappa shape index (κ2) is 3.42. The molecule has 0 saturated heterocycles. The number of fused-ring (bicyclic) bond motifs is 1. The first-order valence-corrected chi connectivity index (χ1v) is 5.92. The van der Waals surface area contributed by atoms with E-state index in [2.05, 4.69) is 53.1 Å². The minimum atomic E-state index is -0.0437. The van der Waals surface area contributed by atoms with Crippen LogP contribution in [0.3, 0.4) is 0 Å². The summed E-state index contributed by atoms with van der Waals surface area (Å²) >= 11 is 2.36. The molecule has 0 fully saturated rings. The molecule has 14 heavy (non-hydrogen) atoms. The number of imidazole rings is 1. The van der Waals surface area contributed by atoms with Gasteiger partial charge in [0.05, 0.1) is 26.8 Å². The van der Waals surface area contributed by atoms with E-state index in [4.69, 9.17) is 0 Å². The minimum Gasteiger partial charge on any atom is -0.299 e. The quantitative estimate of drug-likeness (QED) is 0.459. The molecule has 2 atom stereocenters. The highest BCUT2D eigenvalue weighted by molar-refractivity contribution is 14.1. The number of aryl methyl sites for hydroxylation is 1. The van der Waals surface area contributed by atoms with Crippen LogP contribution in [-0.2, 0) is 3.16 Å². The molecule has 0 aromatic carbocycles. The van der Waals surface area contributed by atoms with Crippen molar-refractivity contribution in [2.45, 2.75) is 17.0 Å². The lowest BCUT2D eigenvalue weighted by atomic mass is 10.4. The van der Waals surface area contributed by atoms with Crippen molar-refractivity contribution in [3.8, 4) is 0 Å². The molecule has 0 bridgehead atoms. The zero-order valence-electron chi connectivity index (χ0n) is 8.03. The van der Waals surface area contributed by atoms with Gasteiger partial charge in [-0.3, -0.25) is 9.38 Å². The summed E-state index contributed by atoms with van der Waals surface area (Å²) < 4.78 is 2.04. The fraction of sp³-hybridized carbons (Fsp3) is 0.333. The van der Waals surface area contributed by atoms with Gasteiger partial charge in [0.1, 0.15) is 5.82 Å². The lowest BCUT2D eigenvalue weighted by molar-refractivity contribution is 0.880. The van der Waals surface area contributed by atoms with E-state index in [0.29, 0.717) is 0 Å². The van der Waals surface area contributed by atoms with Crippen molar-refractivity contribution in [1.82, 2.24) is 14.4 Å². The van der Waals surface area contributed by atoms with E-state index in [1.165, 1.54) is 0 Å². The predicted molar refractivity (Wildman–Crippen MR) is 68.8 cm³/mol. The molecule has 2 heterocycles. The molecule has 0 aliphatic rings. The van der Waals surface area contributed by atoms with Crippen molar-refractivity contribution in [2.24, 2.45) is 0 Å². The van der Waals surface area contributed by atoms with Gasteiger partial charge in [-0.25, -0.2) is 4.98 Å². The van der Waals surface area contributed by atoms with E-state index in [1.54, 1.807) is 0 Å². The lowest BCUT2D eigenvalue weighted by Crippen LogP contribution is -2.08. The molecule has 74 valence electrons. The van der Waals surface area contributed by atoms with E-state index in [0.717, 1.165) is 17.0 Å². The van der Waals surface area contributed by atoms with Crippen LogP contribution in [0.2, 0.25) is 0 Å². The van der Waals surface area contributed by atoms with Gasteiger partial charge in [0.25, 0.3) is 0 Å². The van der Waals surface area contributed by atoms with Gasteiger partial charge in [-0.2, -0.15) is 0 Å². The summed E-state index contributed by atoms with van der Waals surface area (Å²) in [4.78, 5) is 8.63. The maximum absolute atomic E-state index is 4.40. The second-order valence-electron chi connectivity index (χ2n) is 3.48. The summed E-state index contributed by atoms with van der Waals surface area (Å²) in [6, 6.07) is 0. The van der Waals surface area contributed by atoms with Crippen LogP contribution in [0.4, 0.5) is 0 Å². The van der Waals surface area contributed by atoms with Gasteiger partial charge in [-0.15, -0.1) is 9.24 Å². The van der Waals surface area contributed by atoms with E-state index in [-0.39, 0.29) is 3.16 Å². The summed E-state index contributed by atoms with van der Waals surface area (Å²) in [6.07, 6.45) is 5.71. The highest BCUT2D eigenvalue weighted by atomic mass is 127. The van der Waals surface area contributed by atoms with Crippen molar-refractivity contribution in [1.29, 1.82) is 0 Å². The van der Waals surface area contributed by atoms with E-state index < -0.39 is 0 Å². The van der Waals surface area contributed by atoms with Crippen LogP contribution in [0.5, 0.6) is 0 Å². The molecule has 5 heteroatoms. The summed E-state index contributed by atoms with van der Waals surface area (Å²) in [6.45, 7) is 4.10. The first-order chi connectivity index (χ1) is 6.48. The lowest BCUT2D eigenvalue weighted by Gasteiger charge is -2.14. The molecule has 0 aliphatic heterocycles. The van der Waals surface area contributed by atoms with Gasteiger partial charge in [0.15, 0.2) is 0 Å². The highest BCUT2D eigenvalue weighted by Crippen LogP contribution is 2.37. The third-order valence-electron chi connectivity index (χ3n) is 1.98. The number of nitrogens with zero attached hydrogens (tertiary/aromatic N) is 3. The molecule has 3 nitrogen and oxygen atoms in total. The van der Waals surface area contributed by atoms with Crippen LogP contribution in [0.15, 0.2) is 18.6 Å². The van der Waals surface area contributed by atoms with Crippen molar-refractivity contribution >= 4 is 37.3 Å². The first-order valence-electron chi connectivity index (χ1n) is 4.26. The van der Waals surface area contributed by atoms with Crippen LogP contribution in [0.25, 0.3) is 5.52 Å². The normalized spacial score (nSPS) is 15.7. The average Bonchev–Trinajstić information content (AvgIpc) is 2.45. The summed E-state index contributed by atoms with van der Waals surface area (Å²) in [7, 11) is 2.79. The van der Waals surface area contributed by atoms with Crippen molar-refractivity contribution in [3.05, 3.63) is 30.1 Å². The molecule has 0 amide bonds. The van der Waals surface area contributed by atoms with Crippen LogP contribution in [0.1, 0.15) is 18.4 Å². The summed E-state index contributed by atoms with van der Waals surface area (Å²) in [5.41, 5.74) is 2.04. The standard InChI is InChI=1S/C9H11IN3P/c1-6-5-13-7(3-11-6)4-12-8(13)9(2,10)14/h3-5H,14H2,1-2H3. The molecule has 2 rings (SSSR count). The zero-order valence-corrected chi connectivity index (χ0v) is 11.3. The third-order valence-corrected chi connectivity index (χ3v) is 2.72. The smallest absolute Gasteiger partial charge is 0.132 e. The van der Waals surface area contributed by atoms with Crippen molar-refractivity contribution < 1.29 is 0 Å². The number of alkyl halides is 1. The Labute approximate surface area is 98.7 Å². The summed E-state index contributed by atoms with van der Waals surface area (Å²) in [5, 5.41) is 0. The van der Waals surface area contributed by atoms with Gasteiger partial charge in [-0.05, 0) is 13.8 Å². The summed E-state index contributed by atoms with van der Waals surface area (Å²) in [5.74, 6) is 1.03. The number of hydrogen-bond donors (Lipinski definition) is 0. The van der Waals surface area contributed by atoms with Crippen molar-refractivity contribution in [2.75, 3.05) is 0 Å². The Bertz CT molecular complexity index is 472. The maximum atomic E-state index is 4.40. The Balaban J connectivity index is 2.73. The number of hydrogen-bond acceptors (Lipinski definition) is 2. The highest BCUT2D eigenvalue weighted by Gasteiger charge is 2.21. The van der Waals surface area contributed by atoms with Gasteiger partial charge in [0.2, 0.25) is 0 Å². The van der Waals surface area contributed by atoms with Crippen molar-refractivity contribution in [3.63, 3.8) is 0 Å². The maximum Gasteiger partial charge on any atom is 0.132 e. The molecule has 0 spiro atoms. The van der Waals surface area contributed by atoms with E-state index in [1.807, 2.05) is 25.5 Å². The Kier molecular flexibility index (Phi) is 2.52. The van der Waals surface area contributed by atoms with E-state index in [9.17, 15) is 0 Å². The largest absolute Gasteiger partial charge is 0.299 e. The van der Waals surface area contributed by atoms with E-state index >= 15 is 0 Å². The van der Waals surface area contributed by atoms with Crippen LogP contribution >= 0.6 is 31.8 Å². The van der Waals surface area contributed by atoms with Gasteiger partial charge in [0, 0.05) is 6.20 Å². The minimum absolute atomic E-state index is 0.0437. The number of rotatable bonds is 1. The third kappa shape index (κ3) is 1.77. The molecular formula is C9H11IN3P. The Morgan fingerprint density at radius 1 is 1.43 bits per heavy atom. The molecular weight excluding hydrogens is 308 g/mol. The molecule has 0 radical (unpaired) electrons. The topological polar surface area (TPSA) is 30.2 Å². The molecule has 0 N–H and O–H groups in total. The zero-order chi connectivity index (χ0) is 10.3. The van der Waals surface area contributed by atoms with Gasteiger partial charge < -0.3 is 0 Å². The Morgan fingerprint density at radius 3 is 2.71 bits per heavy atom. The molecule has 2 aromatic rings. The molecule has 2 aromatic heterocycles. The predicted octanol–water partition coefficient (Wildman–Crippen LogP) is 2.52. The fourth-order valence-corrected chi connectivity index (χ4v) is 1.97. The number of aromatic nitrogens is 3. The SMILES string of the molecule is Cc1cn2c(C(C)(P)I)ncc2cn1. The fourth-order valence-electron chi connectivity index (χ4n) is 1.36.